The van der Waals surface area contributed by atoms with E-state index < -0.39 is 0 Å². The largest absolute Gasteiger partial charge is 0.463 e. The highest BCUT2D eigenvalue weighted by Gasteiger charge is 2.33. The molecule has 0 bridgehead atoms. The van der Waals surface area contributed by atoms with Crippen molar-refractivity contribution in [2.45, 2.75) is 31.8 Å². The van der Waals surface area contributed by atoms with Crippen LogP contribution in [0.5, 0.6) is 0 Å². The van der Waals surface area contributed by atoms with Gasteiger partial charge in [-0.3, -0.25) is 4.79 Å². The van der Waals surface area contributed by atoms with Crippen LogP contribution in [-0.4, -0.2) is 19.0 Å². The summed E-state index contributed by atoms with van der Waals surface area (Å²) in [6, 6.07) is 12.8. The molecule has 4 rings (SSSR count). The van der Waals surface area contributed by atoms with Gasteiger partial charge >= 0.3 is 0 Å². The number of rotatable bonds is 5. The third-order valence-corrected chi connectivity index (χ3v) is 5.06. The molecular formula is C19H23N2O2+. The van der Waals surface area contributed by atoms with Crippen molar-refractivity contribution in [2.75, 3.05) is 13.1 Å². The van der Waals surface area contributed by atoms with E-state index in [1.54, 1.807) is 6.26 Å². The van der Waals surface area contributed by atoms with Crippen molar-refractivity contribution >= 4 is 5.91 Å². The lowest BCUT2D eigenvalue weighted by Crippen LogP contribution is -3.12. The highest BCUT2D eigenvalue weighted by Crippen LogP contribution is 2.28. The number of benzene rings is 1. The minimum Gasteiger partial charge on any atom is -0.463 e. The van der Waals surface area contributed by atoms with Crippen molar-refractivity contribution in [3.05, 3.63) is 59.5 Å². The lowest BCUT2D eigenvalue weighted by molar-refractivity contribution is -0.946. The van der Waals surface area contributed by atoms with Crippen LogP contribution in [0.25, 0.3) is 0 Å². The molecule has 1 aliphatic heterocycles. The van der Waals surface area contributed by atoms with Crippen molar-refractivity contribution in [1.29, 1.82) is 0 Å². The highest BCUT2D eigenvalue weighted by molar-refractivity contribution is 5.80. The number of fused-ring (bicyclic) bond motifs is 1. The molecule has 1 unspecified atom stereocenters. The van der Waals surface area contributed by atoms with Gasteiger partial charge in [0.05, 0.1) is 19.4 Å². The number of carbonyl (C=O) groups is 1. The summed E-state index contributed by atoms with van der Waals surface area (Å²) < 4.78 is 5.67. The summed E-state index contributed by atoms with van der Waals surface area (Å²) in [5.41, 5.74) is 2.87. The molecule has 1 aromatic heterocycles. The number of nitrogens with one attached hydrogen (secondary N) is 2. The SMILES string of the molecule is O=C(NC[C@@H](c1ccco1)[NH+]1CCc2ccccc2C1)C1CC1. The van der Waals surface area contributed by atoms with E-state index in [1.165, 1.54) is 16.0 Å². The highest BCUT2D eigenvalue weighted by atomic mass is 16.3. The average Bonchev–Trinajstić information content (AvgIpc) is 3.31. The minimum atomic E-state index is 0.182. The van der Waals surface area contributed by atoms with E-state index in [0.29, 0.717) is 6.54 Å². The molecule has 4 heteroatoms. The summed E-state index contributed by atoms with van der Waals surface area (Å²) in [5, 5.41) is 3.13. The third kappa shape index (κ3) is 3.17. The molecule has 0 saturated heterocycles. The molecule has 2 aliphatic rings. The number of hydrogen-bond donors (Lipinski definition) is 2. The summed E-state index contributed by atoms with van der Waals surface area (Å²) >= 11 is 0. The van der Waals surface area contributed by atoms with Crippen molar-refractivity contribution in [2.24, 2.45) is 5.92 Å². The van der Waals surface area contributed by atoms with Crippen LogP contribution < -0.4 is 10.2 Å². The van der Waals surface area contributed by atoms with Crippen LogP contribution >= 0.6 is 0 Å². The second kappa shape index (κ2) is 6.20. The number of amides is 1. The van der Waals surface area contributed by atoms with Gasteiger partial charge in [0.25, 0.3) is 0 Å². The summed E-state index contributed by atoms with van der Waals surface area (Å²) in [5.74, 6) is 1.43. The molecule has 23 heavy (non-hydrogen) atoms. The Kier molecular flexibility index (Phi) is 3.92. The smallest absolute Gasteiger partial charge is 0.223 e. The Bertz CT molecular complexity index is 676. The van der Waals surface area contributed by atoms with Crippen LogP contribution in [0, 0.1) is 5.92 Å². The number of carbonyl (C=O) groups excluding carboxylic acids is 1. The van der Waals surface area contributed by atoms with E-state index in [2.05, 4.69) is 29.6 Å². The maximum atomic E-state index is 12.0. The number of quaternary nitrogens is 1. The predicted octanol–water partition coefficient (Wildman–Crippen LogP) is 1.49. The zero-order valence-electron chi connectivity index (χ0n) is 13.3. The molecule has 1 aromatic carbocycles. The Morgan fingerprint density at radius 2 is 2.04 bits per heavy atom. The standard InChI is InChI=1S/C19H22N2O2/c22-19(15-7-8-15)20-12-17(18-6-3-11-23-18)21-10-9-14-4-1-2-5-16(14)13-21/h1-6,11,15,17H,7-10,12-13H2,(H,20,22)/p+1/t17-/m0/s1. The van der Waals surface area contributed by atoms with Crippen molar-refractivity contribution in [3.63, 3.8) is 0 Å². The van der Waals surface area contributed by atoms with Gasteiger partial charge in [-0.25, -0.2) is 0 Å². The van der Waals surface area contributed by atoms with E-state index in [-0.39, 0.29) is 17.9 Å². The first kappa shape index (κ1) is 14.5. The molecule has 4 nitrogen and oxygen atoms in total. The molecule has 0 spiro atoms. The lowest BCUT2D eigenvalue weighted by Gasteiger charge is -2.31. The lowest BCUT2D eigenvalue weighted by atomic mass is 9.98. The van der Waals surface area contributed by atoms with E-state index in [0.717, 1.165) is 38.1 Å². The average molecular weight is 311 g/mol. The molecule has 1 amide bonds. The summed E-state index contributed by atoms with van der Waals surface area (Å²) in [6.07, 6.45) is 4.89. The van der Waals surface area contributed by atoms with E-state index in [9.17, 15) is 4.79 Å². The maximum absolute atomic E-state index is 12.0. The Labute approximate surface area is 136 Å². The monoisotopic (exact) mass is 311 g/mol. The van der Waals surface area contributed by atoms with Crippen molar-refractivity contribution < 1.29 is 14.1 Å². The van der Waals surface area contributed by atoms with Crippen molar-refractivity contribution in [3.8, 4) is 0 Å². The summed E-state index contributed by atoms with van der Waals surface area (Å²) in [4.78, 5) is 13.5. The normalized spacial score (nSPS) is 21.5. The van der Waals surface area contributed by atoms with Gasteiger partial charge in [-0.05, 0) is 30.5 Å². The van der Waals surface area contributed by atoms with Gasteiger partial charge in [0, 0.05) is 17.9 Å². The van der Waals surface area contributed by atoms with E-state index in [1.807, 2.05) is 12.1 Å². The predicted molar refractivity (Wildman–Crippen MR) is 86.9 cm³/mol. The second-order valence-electron chi connectivity index (χ2n) is 6.69. The van der Waals surface area contributed by atoms with Gasteiger partial charge in [0.1, 0.15) is 6.54 Å². The molecule has 120 valence electrons. The fraction of sp³-hybridized carbons (Fsp3) is 0.421. The topological polar surface area (TPSA) is 46.7 Å². The first-order chi connectivity index (χ1) is 11.3. The van der Waals surface area contributed by atoms with Crippen LogP contribution in [0.4, 0.5) is 0 Å². The molecule has 2 aromatic rings. The first-order valence-electron chi connectivity index (χ1n) is 8.54. The molecule has 1 saturated carbocycles. The number of hydrogen-bond acceptors (Lipinski definition) is 2. The third-order valence-electron chi connectivity index (χ3n) is 5.06. The minimum absolute atomic E-state index is 0.182. The first-order valence-corrected chi connectivity index (χ1v) is 8.54. The van der Waals surface area contributed by atoms with Gasteiger partial charge < -0.3 is 14.6 Å². The molecule has 2 atom stereocenters. The zero-order chi connectivity index (χ0) is 15.6. The Hall–Kier alpha value is -2.07. The Morgan fingerprint density at radius 1 is 1.22 bits per heavy atom. The fourth-order valence-electron chi connectivity index (χ4n) is 3.53. The second-order valence-corrected chi connectivity index (χ2v) is 6.69. The molecule has 0 radical (unpaired) electrons. The Morgan fingerprint density at radius 3 is 2.78 bits per heavy atom. The van der Waals surface area contributed by atoms with Crippen LogP contribution in [0.15, 0.2) is 47.1 Å². The van der Waals surface area contributed by atoms with E-state index >= 15 is 0 Å². The zero-order valence-corrected chi connectivity index (χ0v) is 13.3. The van der Waals surface area contributed by atoms with Gasteiger partial charge in [-0.2, -0.15) is 0 Å². The summed E-state index contributed by atoms with van der Waals surface area (Å²) in [7, 11) is 0. The Balaban J connectivity index is 1.50. The molecule has 1 fully saturated rings. The molecule has 2 heterocycles. The van der Waals surface area contributed by atoms with Gasteiger partial charge in [0.15, 0.2) is 11.8 Å². The van der Waals surface area contributed by atoms with Gasteiger partial charge in [-0.1, -0.05) is 24.3 Å². The molecule has 1 aliphatic carbocycles. The van der Waals surface area contributed by atoms with Crippen LogP contribution in [0.3, 0.4) is 0 Å². The van der Waals surface area contributed by atoms with Gasteiger partial charge in [0.2, 0.25) is 5.91 Å². The number of furan rings is 1. The fourth-order valence-corrected chi connectivity index (χ4v) is 3.53. The molecular weight excluding hydrogens is 288 g/mol. The van der Waals surface area contributed by atoms with Crippen molar-refractivity contribution in [1.82, 2.24) is 5.32 Å². The summed E-state index contributed by atoms with van der Waals surface area (Å²) in [6.45, 7) is 2.71. The van der Waals surface area contributed by atoms with Gasteiger partial charge in [-0.15, -0.1) is 0 Å². The van der Waals surface area contributed by atoms with E-state index in [4.69, 9.17) is 4.42 Å². The van der Waals surface area contributed by atoms with Crippen LogP contribution in [-0.2, 0) is 17.8 Å². The van der Waals surface area contributed by atoms with Crippen LogP contribution in [0.1, 0.15) is 35.8 Å². The quantitative estimate of drug-likeness (QED) is 0.879. The maximum Gasteiger partial charge on any atom is 0.223 e. The molecule has 2 N–H and O–H groups in total. The van der Waals surface area contributed by atoms with Crippen LogP contribution in [0.2, 0.25) is 0 Å².